The van der Waals surface area contributed by atoms with Gasteiger partial charge in [-0.2, -0.15) is 0 Å². The Morgan fingerprint density at radius 3 is 2.28 bits per heavy atom. The van der Waals surface area contributed by atoms with Gasteiger partial charge >= 0.3 is 0 Å². The molecule has 32 heavy (non-hydrogen) atoms. The van der Waals surface area contributed by atoms with Crippen LogP contribution < -0.4 is 9.47 Å². The van der Waals surface area contributed by atoms with Crippen LogP contribution in [-0.4, -0.2) is 29.2 Å². The highest BCUT2D eigenvalue weighted by Gasteiger charge is 2.34. The molecule has 0 saturated carbocycles. The highest BCUT2D eigenvalue weighted by molar-refractivity contribution is 8.18. The Morgan fingerprint density at radius 2 is 1.53 bits per heavy atom. The topological polar surface area (TPSA) is 55.8 Å². The van der Waals surface area contributed by atoms with Gasteiger partial charge in [0.2, 0.25) is 0 Å². The van der Waals surface area contributed by atoms with E-state index in [2.05, 4.69) is 0 Å². The van der Waals surface area contributed by atoms with Gasteiger partial charge in [0, 0.05) is 5.56 Å². The third kappa shape index (κ3) is 5.36. The molecule has 4 rings (SSSR count). The summed E-state index contributed by atoms with van der Waals surface area (Å²) in [5, 5.41) is -0.317. The van der Waals surface area contributed by atoms with E-state index in [-0.39, 0.29) is 36.7 Å². The Bertz CT molecular complexity index is 1130. The minimum atomic E-state index is -0.337. The summed E-state index contributed by atoms with van der Waals surface area (Å²) >= 11 is 0.906. The lowest BCUT2D eigenvalue weighted by atomic mass is 10.2. The number of thioether (sulfide) groups is 1. The fourth-order valence-electron chi connectivity index (χ4n) is 3.05. The fraction of sp³-hybridized carbons (Fsp3) is 0.120. The van der Waals surface area contributed by atoms with Crippen LogP contribution in [0.5, 0.6) is 11.5 Å². The number of ether oxygens (including phenoxy) is 2. The van der Waals surface area contributed by atoms with Gasteiger partial charge in [0.25, 0.3) is 11.1 Å². The molecule has 7 heteroatoms. The third-order valence-corrected chi connectivity index (χ3v) is 5.64. The second kappa shape index (κ2) is 10.2. The van der Waals surface area contributed by atoms with E-state index in [0.717, 1.165) is 17.3 Å². The lowest BCUT2D eigenvalue weighted by Crippen LogP contribution is -2.32. The maximum absolute atomic E-state index is 13.7. The molecule has 0 atom stereocenters. The van der Waals surface area contributed by atoms with E-state index in [1.165, 1.54) is 11.0 Å². The Labute approximate surface area is 189 Å². The van der Waals surface area contributed by atoms with Gasteiger partial charge < -0.3 is 9.47 Å². The SMILES string of the molecule is O=C1S/C(=C\c2ccc(OCc3ccccc3F)cc2)C(=O)N1CCOc1ccccc1. The molecule has 0 radical (unpaired) electrons. The molecule has 1 aliphatic heterocycles. The molecular formula is C25H20FNO4S. The van der Waals surface area contributed by atoms with E-state index in [1.807, 2.05) is 30.3 Å². The summed E-state index contributed by atoms with van der Waals surface area (Å²) in [5.41, 5.74) is 1.23. The minimum absolute atomic E-state index is 0.121. The van der Waals surface area contributed by atoms with Crippen LogP contribution in [-0.2, 0) is 11.4 Å². The summed E-state index contributed by atoms with van der Waals surface area (Å²) in [6, 6.07) is 22.7. The van der Waals surface area contributed by atoms with Gasteiger partial charge in [-0.15, -0.1) is 0 Å². The molecule has 1 aliphatic rings. The molecule has 0 unspecified atom stereocenters. The zero-order valence-electron chi connectivity index (χ0n) is 17.1. The van der Waals surface area contributed by atoms with Gasteiger partial charge in [-0.3, -0.25) is 14.5 Å². The number of nitrogens with zero attached hydrogens (tertiary/aromatic N) is 1. The molecule has 0 aliphatic carbocycles. The monoisotopic (exact) mass is 449 g/mol. The number of para-hydroxylation sites is 1. The summed E-state index contributed by atoms with van der Waals surface area (Å²) in [6.45, 7) is 0.527. The first-order valence-corrected chi connectivity index (χ1v) is 10.8. The summed E-state index contributed by atoms with van der Waals surface area (Å²) in [6.07, 6.45) is 1.67. The van der Waals surface area contributed by atoms with Crippen molar-refractivity contribution in [3.8, 4) is 11.5 Å². The molecule has 3 aromatic carbocycles. The van der Waals surface area contributed by atoms with Crippen LogP contribution in [0, 0.1) is 5.82 Å². The number of benzene rings is 3. The van der Waals surface area contributed by atoms with Crippen LogP contribution in [0.1, 0.15) is 11.1 Å². The van der Waals surface area contributed by atoms with Gasteiger partial charge in [-0.1, -0.05) is 48.5 Å². The summed E-state index contributed by atoms with van der Waals surface area (Å²) in [4.78, 5) is 26.4. The molecule has 0 aromatic heterocycles. The highest BCUT2D eigenvalue weighted by Crippen LogP contribution is 2.32. The first-order chi connectivity index (χ1) is 15.6. The highest BCUT2D eigenvalue weighted by atomic mass is 32.2. The van der Waals surface area contributed by atoms with Crippen molar-refractivity contribution in [2.75, 3.05) is 13.2 Å². The largest absolute Gasteiger partial charge is 0.492 e. The molecular weight excluding hydrogens is 429 g/mol. The number of hydrogen-bond acceptors (Lipinski definition) is 5. The first-order valence-electron chi connectivity index (χ1n) is 9.99. The van der Waals surface area contributed by atoms with E-state index < -0.39 is 0 Å². The molecule has 0 bridgehead atoms. The second-order valence-electron chi connectivity index (χ2n) is 6.94. The van der Waals surface area contributed by atoms with Crippen LogP contribution in [0.3, 0.4) is 0 Å². The number of imide groups is 1. The molecule has 1 fully saturated rings. The van der Waals surface area contributed by atoms with Crippen molar-refractivity contribution in [1.82, 2.24) is 4.90 Å². The quantitative estimate of drug-likeness (QED) is 0.424. The maximum Gasteiger partial charge on any atom is 0.293 e. The molecule has 1 heterocycles. The normalized spacial score (nSPS) is 14.8. The van der Waals surface area contributed by atoms with Crippen LogP contribution in [0.15, 0.2) is 83.8 Å². The zero-order valence-corrected chi connectivity index (χ0v) is 17.9. The molecule has 0 N–H and O–H groups in total. The molecule has 1 saturated heterocycles. The lowest BCUT2D eigenvalue weighted by Gasteiger charge is -2.13. The van der Waals surface area contributed by atoms with E-state index in [0.29, 0.717) is 22.0 Å². The van der Waals surface area contributed by atoms with Crippen LogP contribution in [0.2, 0.25) is 0 Å². The zero-order chi connectivity index (χ0) is 22.3. The Kier molecular flexibility index (Phi) is 6.87. The Hall–Kier alpha value is -3.58. The van der Waals surface area contributed by atoms with E-state index in [4.69, 9.17) is 9.47 Å². The van der Waals surface area contributed by atoms with Crippen molar-refractivity contribution < 1.29 is 23.5 Å². The summed E-state index contributed by atoms with van der Waals surface area (Å²) in [5.74, 6) is 0.620. The van der Waals surface area contributed by atoms with Crippen molar-refractivity contribution in [3.05, 3.63) is 101 Å². The number of carbonyl (C=O) groups excluding carboxylic acids is 2. The predicted molar refractivity (Wildman–Crippen MR) is 122 cm³/mol. The van der Waals surface area contributed by atoms with E-state index in [1.54, 1.807) is 48.5 Å². The average molecular weight is 450 g/mol. The number of amides is 2. The molecule has 0 spiro atoms. The predicted octanol–water partition coefficient (Wildman–Crippen LogP) is 5.52. The standard InChI is InChI=1S/C25H20FNO4S/c26-22-9-5-4-6-19(22)17-31-21-12-10-18(11-13-21)16-23-24(28)27(25(29)32-23)14-15-30-20-7-2-1-3-8-20/h1-13,16H,14-15,17H2/b23-16-. The van der Waals surface area contributed by atoms with Gasteiger partial charge in [-0.05, 0) is 53.7 Å². The van der Waals surface area contributed by atoms with Gasteiger partial charge in [0.1, 0.15) is 30.5 Å². The van der Waals surface area contributed by atoms with Crippen molar-refractivity contribution in [2.45, 2.75) is 6.61 Å². The van der Waals surface area contributed by atoms with Gasteiger partial charge in [0.15, 0.2) is 0 Å². The average Bonchev–Trinajstić information content (AvgIpc) is 3.07. The summed E-state index contributed by atoms with van der Waals surface area (Å²) in [7, 11) is 0. The Balaban J connectivity index is 1.33. The number of hydrogen-bond donors (Lipinski definition) is 0. The molecule has 162 valence electrons. The van der Waals surface area contributed by atoms with Crippen molar-refractivity contribution in [2.24, 2.45) is 0 Å². The second-order valence-corrected chi connectivity index (χ2v) is 7.94. The van der Waals surface area contributed by atoms with Crippen LogP contribution in [0.4, 0.5) is 9.18 Å². The van der Waals surface area contributed by atoms with Crippen LogP contribution >= 0.6 is 11.8 Å². The van der Waals surface area contributed by atoms with Crippen molar-refractivity contribution in [1.29, 1.82) is 0 Å². The Morgan fingerprint density at radius 1 is 0.844 bits per heavy atom. The molecule has 2 amide bonds. The minimum Gasteiger partial charge on any atom is -0.492 e. The van der Waals surface area contributed by atoms with E-state index >= 15 is 0 Å². The number of halogens is 1. The van der Waals surface area contributed by atoms with E-state index in [9.17, 15) is 14.0 Å². The third-order valence-electron chi connectivity index (χ3n) is 4.73. The molecule has 3 aromatic rings. The number of carbonyl (C=O) groups is 2. The van der Waals surface area contributed by atoms with Gasteiger partial charge in [-0.25, -0.2) is 4.39 Å². The van der Waals surface area contributed by atoms with Crippen molar-refractivity contribution in [3.63, 3.8) is 0 Å². The lowest BCUT2D eigenvalue weighted by molar-refractivity contribution is -0.123. The van der Waals surface area contributed by atoms with Gasteiger partial charge in [0.05, 0.1) is 11.4 Å². The van der Waals surface area contributed by atoms with Crippen LogP contribution in [0.25, 0.3) is 6.08 Å². The maximum atomic E-state index is 13.7. The summed E-state index contributed by atoms with van der Waals surface area (Å²) < 4.78 is 24.9. The smallest absolute Gasteiger partial charge is 0.293 e. The molecule has 5 nitrogen and oxygen atoms in total. The fourth-order valence-corrected chi connectivity index (χ4v) is 3.92. The number of rotatable bonds is 8. The van der Waals surface area contributed by atoms with Crippen molar-refractivity contribution >= 4 is 29.0 Å². The first kappa shape index (κ1) is 21.6.